The van der Waals surface area contributed by atoms with Crippen molar-refractivity contribution >= 4 is 23.4 Å². The highest BCUT2D eigenvalue weighted by molar-refractivity contribution is 6.10. The zero-order valence-electron chi connectivity index (χ0n) is 19.8. The van der Waals surface area contributed by atoms with Gasteiger partial charge < -0.3 is 9.47 Å². The van der Waals surface area contributed by atoms with E-state index in [1.165, 1.54) is 16.9 Å². The number of allylic oxidation sites excluding steroid dienone is 2. The van der Waals surface area contributed by atoms with Gasteiger partial charge in [0.1, 0.15) is 18.2 Å². The van der Waals surface area contributed by atoms with Crippen molar-refractivity contribution in [3.63, 3.8) is 0 Å². The summed E-state index contributed by atoms with van der Waals surface area (Å²) in [5.41, 5.74) is 0.937. The van der Waals surface area contributed by atoms with E-state index in [-0.39, 0.29) is 48.1 Å². The normalized spacial score (nSPS) is 29.6. The van der Waals surface area contributed by atoms with E-state index in [0.717, 1.165) is 6.42 Å². The van der Waals surface area contributed by atoms with Gasteiger partial charge in [0.2, 0.25) is 11.8 Å². The number of imide groups is 1. The van der Waals surface area contributed by atoms with Crippen molar-refractivity contribution in [2.45, 2.75) is 13.3 Å². The van der Waals surface area contributed by atoms with Gasteiger partial charge in [-0.25, -0.2) is 0 Å². The maximum atomic E-state index is 13.8. The van der Waals surface area contributed by atoms with Crippen LogP contribution in [0.5, 0.6) is 11.5 Å². The first-order valence-corrected chi connectivity index (χ1v) is 12.2. The van der Waals surface area contributed by atoms with Gasteiger partial charge in [-0.2, -0.15) is 0 Å². The summed E-state index contributed by atoms with van der Waals surface area (Å²) in [4.78, 5) is 43.8. The molecule has 1 heterocycles. The number of para-hydroxylation sites is 1. The number of hydrogen-bond donors (Lipinski definition) is 0. The van der Waals surface area contributed by atoms with Crippen molar-refractivity contribution < 1.29 is 23.9 Å². The van der Waals surface area contributed by atoms with E-state index in [9.17, 15) is 14.4 Å². The number of carbonyl (C=O) groups excluding carboxylic acids is 3. The Bertz CT molecular complexity index is 1190. The third-order valence-corrected chi connectivity index (χ3v) is 8.08. The van der Waals surface area contributed by atoms with Gasteiger partial charge >= 0.3 is 0 Å². The highest BCUT2D eigenvalue weighted by Crippen LogP contribution is 2.65. The average Bonchev–Trinajstić information content (AvgIpc) is 3.67. The lowest BCUT2D eigenvalue weighted by Crippen LogP contribution is -2.45. The molecule has 6 unspecified atom stereocenters. The lowest BCUT2D eigenvalue weighted by molar-refractivity contribution is -0.140. The standard InChI is InChI=1S/C28H28N2O5/c1-3-35-17-10-8-16(9-11-17)29(26(31)20-6-4-5-7-23(20)34-2)15-30-27(32)24-18-12-13-19(22-14-21(18)22)25(24)28(30)33/h4-13,18-19,21-22,24-25H,3,14-15H2,1-2H3. The molecule has 2 bridgehead atoms. The number of ether oxygens (including phenoxy) is 2. The largest absolute Gasteiger partial charge is 0.496 e. The van der Waals surface area contributed by atoms with Crippen LogP contribution >= 0.6 is 0 Å². The van der Waals surface area contributed by atoms with Crippen LogP contribution in [0.4, 0.5) is 5.69 Å². The average molecular weight is 473 g/mol. The Balaban J connectivity index is 1.34. The van der Waals surface area contributed by atoms with Crippen LogP contribution in [0, 0.1) is 35.5 Å². The molecule has 7 rings (SSSR count). The van der Waals surface area contributed by atoms with Gasteiger partial charge in [0.25, 0.3) is 5.91 Å². The molecule has 2 saturated carbocycles. The van der Waals surface area contributed by atoms with Crippen molar-refractivity contribution in [2.75, 3.05) is 25.3 Å². The van der Waals surface area contributed by atoms with E-state index in [1.807, 2.05) is 6.92 Å². The molecule has 0 spiro atoms. The zero-order chi connectivity index (χ0) is 24.3. The predicted molar refractivity (Wildman–Crippen MR) is 129 cm³/mol. The minimum atomic E-state index is -0.342. The van der Waals surface area contributed by atoms with Crippen LogP contribution < -0.4 is 14.4 Å². The fraction of sp³-hybridized carbons (Fsp3) is 0.393. The molecule has 3 fully saturated rings. The molecule has 1 saturated heterocycles. The van der Waals surface area contributed by atoms with Gasteiger partial charge in [-0.3, -0.25) is 24.2 Å². The quantitative estimate of drug-likeness (QED) is 0.453. The first-order valence-electron chi connectivity index (χ1n) is 12.2. The number of hydrogen-bond acceptors (Lipinski definition) is 5. The molecule has 1 aliphatic heterocycles. The molecule has 5 aliphatic rings. The second-order valence-electron chi connectivity index (χ2n) is 9.76. The summed E-state index contributed by atoms with van der Waals surface area (Å²) < 4.78 is 11.0. The van der Waals surface area contributed by atoms with Gasteiger partial charge in [0, 0.05) is 5.69 Å². The highest BCUT2D eigenvalue weighted by Gasteiger charge is 2.67. The molecule has 7 heteroatoms. The summed E-state index contributed by atoms with van der Waals surface area (Å²) in [6.45, 7) is 2.30. The Labute approximate surface area is 204 Å². The lowest BCUT2D eigenvalue weighted by Gasteiger charge is -2.37. The molecule has 0 N–H and O–H groups in total. The van der Waals surface area contributed by atoms with Crippen molar-refractivity contribution in [1.82, 2.24) is 4.90 Å². The number of carbonyl (C=O) groups is 3. The SMILES string of the molecule is CCOc1ccc(N(CN2C(=O)C3C4C=CC(C5CC45)C3C2=O)C(=O)c2ccccc2OC)cc1. The maximum absolute atomic E-state index is 13.8. The summed E-state index contributed by atoms with van der Waals surface area (Å²) in [6, 6.07) is 14.1. The molecular formula is C28H28N2O5. The molecule has 7 nitrogen and oxygen atoms in total. The number of rotatable bonds is 7. The van der Waals surface area contributed by atoms with Crippen LogP contribution in [0.2, 0.25) is 0 Å². The first-order chi connectivity index (χ1) is 17.0. The Kier molecular flexibility index (Phi) is 5.16. The van der Waals surface area contributed by atoms with E-state index in [4.69, 9.17) is 9.47 Å². The number of benzene rings is 2. The second-order valence-corrected chi connectivity index (χ2v) is 9.76. The molecule has 2 aromatic rings. The molecule has 0 radical (unpaired) electrons. The number of amides is 3. The van der Waals surface area contributed by atoms with Gasteiger partial charge in [0.05, 0.1) is 31.1 Å². The van der Waals surface area contributed by atoms with E-state index in [1.54, 1.807) is 48.5 Å². The molecule has 6 atom stereocenters. The minimum absolute atomic E-state index is 0.135. The van der Waals surface area contributed by atoms with Crippen LogP contribution in [0.15, 0.2) is 60.7 Å². The molecule has 2 aromatic carbocycles. The van der Waals surface area contributed by atoms with Crippen LogP contribution in [0.3, 0.4) is 0 Å². The highest BCUT2D eigenvalue weighted by atomic mass is 16.5. The minimum Gasteiger partial charge on any atom is -0.496 e. The summed E-state index contributed by atoms with van der Waals surface area (Å²) in [5.74, 6) is 1.19. The fourth-order valence-electron chi connectivity index (χ4n) is 6.42. The lowest BCUT2D eigenvalue weighted by atomic mass is 9.63. The summed E-state index contributed by atoms with van der Waals surface area (Å²) >= 11 is 0. The second kappa shape index (κ2) is 8.26. The molecular weight excluding hydrogens is 444 g/mol. The Morgan fingerprint density at radius 2 is 1.60 bits per heavy atom. The third kappa shape index (κ3) is 3.36. The van der Waals surface area contributed by atoms with Crippen LogP contribution in [-0.4, -0.2) is 43.0 Å². The topological polar surface area (TPSA) is 76.2 Å². The maximum Gasteiger partial charge on any atom is 0.263 e. The van der Waals surface area contributed by atoms with Crippen molar-refractivity contribution in [1.29, 1.82) is 0 Å². The Hall–Kier alpha value is -3.61. The van der Waals surface area contributed by atoms with Crippen molar-refractivity contribution in [3.05, 3.63) is 66.2 Å². The first kappa shape index (κ1) is 21.9. The predicted octanol–water partition coefficient (Wildman–Crippen LogP) is 3.75. The summed E-state index contributed by atoms with van der Waals surface area (Å²) in [5, 5.41) is 0. The van der Waals surface area contributed by atoms with Crippen LogP contribution in [0.25, 0.3) is 0 Å². The van der Waals surface area contributed by atoms with Gasteiger partial charge in [-0.05, 0) is 73.4 Å². The van der Waals surface area contributed by atoms with Gasteiger partial charge in [-0.1, -0.05) is 24.3 Å². The van der Waals surface area contributed by atoms with E-state index < -0.39 is 0 Å². The third-order valence-electron chi connectivity index (χ3n) is 8.08. The van der Waals surface area contributed by atoms with E-state index >= 15 is 0 Å². The monoisotopic (exact) mass is 472 g/mol. The zero-order valence-corrected chi connectivity index (χ0v) is 19.8. The molecule has 180 valence electrons. The molecule has 35 heavy (non-hydrogen) atoms. The van der Waals surface area contributed by atoms with Crippen LogP contribution in [0.1, 0.15) is 23.7 Å². The van der Waals surface area contributed by atoms with Crippen molar-refractivity contribution in [2.24, 2.45) is 35.5 Å². The van der Waals surface area contributed by atoms with Crippen molar-refractivity contribution in [3.8, 4) is 11.5 Å². The Morgan fingerprint density at radius 1 is 0.971 bits per heavy atom. The number of likely N-dealkylation sites (tertiary alicyclic amines) is 1. The fourth-order valence-corrected chi connectivity index (χ4v) is 6.42. The number of anilines is 1. The number of methoxy groups -OCH3 is 1. The number of nitrogens with zero attached hydrogens (tertiary/aromatic N) is 2. The molecule has 3 amide bonds. The van der Waals surface area contributed by atoms with E-state index in [0.29, 0.717) is 41.2 Å². The van der Waals surface area contributed by atoms with Crippen LogP contribution in [-0.2, 0) is 9.59 Å². The van der Waals surface area contributed by atoms with Gasteiger partial charge in [0.15, 0.2) is 0 Å². The molecule has 0 aromatic heterocycles. The van der Waals surface area contributed by atoms with Gasteiger partial charge in [-0.15, -0.1) is 0 Å². The summed E-state index contributed by atoms with van der Waals surface area (Å²) in [6.07, 6.45) is 5.41. The Morgan fingerprint density at radius 3 is 2.20 bits per heavy atom. The smallest absolute Gasteiger partial charge is 0.263 e. The molecule has 4 aliphatic carbocycles. The van der Waals surface area contributed by atoms with E-state index in [2.05, 4.69) is 12.2 Å². The summed E-state index contributed by atoms with van der Waals surface area (Å²) in [7, 11) is 1.51.